The van der Waals surface area contributed by atoms with Gasteiger partial charge in [-0.15, -0.1) is 0 Å². The predicted octanol–water partition coefficient (Wildman–Crippen LogP) is 1.57. The summed E-state index contributed by atoms with van der Waals surface area (Å²) in [5.41, 5.74) is 6.69. The van der Waals surface area contributed by atoms with E-state index in [1.807, 2.05) is 15.6 Å². The molecule has 0 spiro atoms. The molecule has 0 fully saturated rings. The average Bonchev–Trinajstić information content (AvgIpc) is 2.88. The lowest BCUT2D eigenvalue weighted by Gasteiger charge is -2.18. The van der Waals surface area contributed by atoms with E-state index in [0.717, 1.165) is 31.7 Å². The summed E-state index contributed by atoms with van der Waals surface area (Å²) in [6, 6.07) is 1.90. The maximum Gasteiger partial charge on any atom is 0.230 e. The zero-order valence-corrected chi connectivity index (χ0v) is 12.2. The van der Waals surface area contributed by atoms with Crippen molar-refractivity contribution in [3.8, 4) is 11.5 Å². The summed E-state index contributed by atoms with van der Waals surface area (Å²) in [6.45, 7) is 8.71. The van der Waals surface area contributed by atoms with Crippen molar-refractivity contribution in [2.24, 2.45) is 0 Å². The predicted molar refractivity (Wildman–Crippen MR) is 79.3 cm³/mol. The van der Waals surface area contributed by atoms with Crippen LogP contribution in [-0.4, -0.2) is 37.8 Å². The molecule has 7 heteroatoms. The maximum atomic E-state index is 5.82. The minimum absolute atomic E-state index is 0.237. The molecule has 2 heterocycles. The molecule has 0 atom stereocenters. The summed E-state index contributed by atoms with van der Waals surface area (Å²) in [5, 5.41) is 4.29. The van der Waals surface area contributed by atoms with Crippen molar-refractivity contribution >= 4 is 11.9 Å². The Morgan fingerprint density at radius 3 is 2.55 bits per heavy atom. The molecule has 0 aliphatic heterocycles. The van der Waals surface area contributed by atoms with E-state index in [-0.39, 0.29) is 5.95 Å². The topological polar surface area (TPSA) is 85.8 Å². The van der Waals surface area contributed by atoms with Crippen LogP contribution in [-0.2, 0) is 6.54 Å². The highest BCUT2D eigenvalue weighted by Gasteiger charge is 2.14. The van der Waals surface area contributed by atoms with E-state index in [9.17, 15) is 0 Å². The number of rotatable bonds is 6. The smallest absolute Gasteiger partial charge is 0.230 e. The molecule has 108 valence electrons. The lowest BCUT2D eigenvalue weighted by molar-refractivity contribution is 0.606. The van der Waals surface area contributed by atoms with E-state index < -0.39 is 0 Å². The zero-order valence-electron chi connectivity index (χ0n) is 12.2. The Kier molecular flexibility index (Phi) is 4.49. The summed E-state index contributed by atoms with van der Waals surface area (Å²) >= 11 is 0. The summed E-state index contributed by atoms with van der Waals surface area (Å²) in [4.78, 5) is 15.0. The lowest BCUT2D eigenvalue weighted by Crippen LogP contribution is -2.25. The van der Waals surface area contributed by atoms with Gasteiger partial charge >= 0.3 is 0 Å². The second kappa shape index (κ2) is 6.31. The van der Waals surface area contributed by atoms with Crippen LogP contribution in [0.4, 0.5) is 11.9 Å². The fourth-order valence-electron chi connectivity index (χ4n) is 2.06. The number of nitrogens with zero attached hydrogens (tertiary/aromatic N) is 6. The van der Waals surface area contributed by atoms with Crippen LogP contribution in [0.15, 0.2) is 12.3 Å². The second-order valence-electron chi connectivity index (χ2n) is 4.43. The van der Waals surface area contributed by atoms with Gasteiger partial charge in [-0.25, -0.2) is 0 Å². The number of aryl methyl sites for hydroxylation is 1. The summed E-state index contributed by atoms with van der Waals surface area (Å²) in [7, 11) is 0. The summed E-state index contributed by atoms with van der Waals surface area (Å²) in [5.74, 6) is 1.42. The van der Waals surface area contributed by atoms with E-state index in [0.29, 0.717) is 11.8 Å². The van der Waals surface area contributed by atoms with Crippen molar-refractivity contribution < 1.29 is 0 Å². The van der Waals surface area contributed by atoms with Gasteiger partial charge in [0, 0.05) is 25.8 Å². The van der Waals surface area contributed by atoms with E-state index in [2.05, 4.69) is 40.8 Å². The van der Waals surface area contributed by atoms with Gasteiger partial charge in [0.1, 0.15) is 5.69 Å². The molecule has 0 aliphatic carbocycles. The summed E-state index contributed by atoms with van der Waals surface area (Å²) < 4.78 is 1.89. The van der Waals surface area contributed by atoms with Gasteiger partial charge in [0.25, 0.3) is 0 Å². The van der Waals surface area contributed by atoms with Crippen LogP contribution in [0.25, 0.3) is 11.5 Å². The highest BCUT2D eigenvalue weighted by atomic mass is 15.3. The number of anilines is 2. The molecule has 7 nitrogen and oxygen atoms in total. The Hall–Kier alpha value is -2.18. The van der Waals surface area contributed by atoms with Crippen LogP contribution in [0, 0.1) is 0 Å². The second-order valence-corrected chi connectivity index (χ2v) is 4.43. The SMILES string of the molecule is CCCn1nccc1-c1nc(N)nc(N(CC)CC)n1. The molecular weight excluding hydrogens is 254 g/mol. The highest BCUT2D eigenvalue weighted by molar-refractivity contribution is 5.53. The summed E-state index contributed by atoms with van der Waals surface area (Å²) in [6.07, 6.45) is 2.75. The standard InChI is InChI=1S/C13H21N7/c1-4-9-20-10(7-8-15-20)11-16-12(14)18-13(17-11)19(5-2)6-3/h7-8H,4-6,9H2,1-3H3,(H2,14,16,17,18). The van der Waals surface area contributed by atoms with Gasteiger partial charge in [-0.05, 0) is 26.3 Å². The van der Waals surface area contributed by atoms with E-state index in [1.54, 1.807) is 6.20 Å². The quantitative estimate of drug-likeness (QED) is 0.861. The van der Waals surface area contributed by atoms with Gasteiger partial charge in [-0.2, -0.15) is 20.1 Å². The fourth-order valence-corrected chi connectivity index (χ4v) is 2.06. The van der Waals surface area contributed by atoms with Crippen LogP contribution in [0.5, 0.6) is 0 Å². The fraction of sp³-hybridized carbons (Fsp3) is 0.538. The van der Waals surface area contributed by atoms with Gasteiger partial charge < -0.3 is 10.6 Å². The third kappa shape index (κ3) is 2.87. The molecule has 2 aromatic heterocycles. The van der Waals surface area contributed by atoms with E-state index in [4.69, 9.17) is 5.73 Å². The maximum absolute atomic E-state index is 5.82. The third-order valence-electron chi connectivity index (χ3n) is 3.07. The van der Waals surface area contributed by atoms with Crippen molar-refractivity contribution in [1.29, 1.82) is 0 Å². The number of nitrogens with two attached hydrogens (primary N) is 1. The number of hydrogen-bond acceptors (Lipinski definition) is 6. The van der Waals surface area contributed by atoms with Crippen molar-refractivity contribution in [3.05, 3.63) is 12.3 Å². The Morgan fingerprint density at radius 1 is 1.15 bits per heavy atom. The van der Waals surface area contributed by atoms with Crippen LogP contribution < -0.4 is 10.6 Å². The molecule has 0 amide bonds. The Morgan fingerprint density at radius 2 is 1.90 bits per heavy atom. The highest BCUT2D eigenvalue weighted by Crippen LogP contribution is 2.18. The first-order chi connectivity index (χ1) is 9.69. The van der Waals surface area contributed by atoms with Gasteiger partial charge in [0.2, 0.25) is 11.9 Å². The van der Waals surface area contributed by atoms with Crippen LogP contribution in [0.2, 0.25) is 0 Å². The molecule has 0 unspecified atom stereocenters. The first-order valence-electron chi connectivity index (χ1n) is 6.98. The van der Waals surface area contributed by atoms with Crippen molar-refractivity contribution in [2.45, 2.75) is 33.7 Å². The monoisotopic (exact) mass is 275 g/mol. The molecule has 0 bridgehead atoms. The van der Waals surface area contributed by atoms with Crippen molar-refractivity contribution in [2.75, 3.05) is 23.7 Å². The molecule has 0 aliphatic rings. The van der Waals surface area contributed by atoms with Gasteiger partial charge in [-0.1, -0.05) is 6.92 Å². The average molecular weight is 275 g/mol. The first kappa shape index (κ1) is 14.2. The lowest BCUT2D eigenvalue weighted by atomic mass is 10.4. The molecule has 2 N–H and O–H groups in total. The molecule has 0 aromatic carbocycles. The molecular formula is C13H21N7. The van der Waals surface area contributed by atoms with Crippen molar-refractivity contribution in [1.82, 2.24) is 24.7 Å². The first-order valence-corrected chi connectivity index (χ1v) is 6.98. The van der Waals surface area contributed by atoms with Crippen molar-refractivity contribution in [3.63, 3.8) is 0 Å². The Bertz CT molecular complexity index is 560. The molecule has 0 saturated carbocycles. The van der Waals surface area contributed by atoms with E-state index >= 15 is 0 Å². The molecule has 0 saturated heterocycles. The van der Waals surface area contributed by atoms with E-state index in [1.165, 1.54) is 0 Å². The Labute approximate surface area is 118 Å². The minimum atomic E-state index is 0.237. The van der Waals surface area contributed by atoms with Crippen LogP contribution in [0.1, 0.15) is 27.2 Å². The molecule has 2 aromatic rings. The van der Waals surface area contributed by atoms with Gasteiger partial charge in [0.15, 0.2) is 5.82 Å². The normalized spacial score (nSPS) is 10.8. The number of hydrogen-bond donors (Lipinski definition) is 1. The number of nitrogen functional groups attached to an aromatic ring is 1. The largest absolute Gasteiger partial charge is 0.368 e. The minimum Gasteiger partial charge on any atom is -0.368 e. The Balaban J connectivity index is 2.43. The number of aromatic nitrogens is 5. The van der Waals surface area contributed by atoms with Gasteiger partial charge in [0.05, 0.1) is 0 Å². The zero-order chi connectivity index (χ0) is 14.5. The van der Waals surface area contributed by atoms with Crippen LogP contribution in [0.3, 0.4) is 0 Å². The molecule has 2 rings (SSSR count). The molecule has 20 heavy (non-hydrogen) atoms. The molecule has 0 radical (unpaired) electrons. The van der Waals surface area contributed by atoms with Crippen LogP contribution >= 0.6 is 0 Å². The van der Waals surface area contributed by atoms with Gasteiger partial charge in [-0.3, -0.25) is 4.68 Å². The third-order valence-corrected chi connectivity index (χ3v) is 3.07.